The summed E-state index contributed by atoms with van der Waals surface area (Å²) in [4.78, 5) is 11.7. The standard InChI is InChI=1S/C15H21FN2O2/c16-12-8-4-5-9-13(12)18-15(20)17-10-14(19)11-6-2-1-3-7-11/h4-5,8-9,11,14,19H,1-3,6-7,10H2,(H2,17,18,20). The number of carbonyl (C=O) groups is 1. The molecule has 4 nitrogen and oxygen atoms in total. The van der Waals surface area contributed by atoms with Gasteiger partial charge in [-0.3, -0.25) is 0 Å². The van der Waals surface area contributed by atoms with Gasteiger partial charge in [-0.25, -0.2) is 9.18 Å². The lowest BCUT2D eigenvalue weighted by Gasteiger charge is -2.26. The Hall–Kier alpha value is -1.62. The Kier molecular flexibility index (Phi) is 5.35. The molecule has 1 aromatic carbocycles. The second-order valence-electron chi connectivity index (χ2n) is 5.28. The van der Waals surface area contributed by atoms with E-state index in [1.54, 1.807) is 12.1 Å². The van der Waals surface area contributed by atoms with E-state index in [9.17, 15) is 14.3 Å². The summed E-state index contributed by atoms with van der Waals surface area (Å²) in [5, 5.41) is 15.0. The first kappa shape index (κ1) is 14.8. The van der Waals surface area contributed by atoms with E-state index in [0.717, 1.165) is 25.7 Å². The van der Waals surface area contributed by atoms with E-state index in [1.807, 2.05) is 0 Å². The molecule has 1 aliphatic rings. The van der Waals surface area contributed by atoms with Crippen molar-refractivity contribution in [2.45, 2.75) is 38.2 Å². The van der Waals surface area contributed by atoms with Gasteiger partial charge in [-0.1, -0.05) is 31.4 Å². The summed E-state index contributed by atoms with van der Waals surface area (Å²) in [7, 11) is 0. The molecule has 0 radical (unpaired) electrons. The first-order chi connectivity index (χ1) is 9.66. The van der Waals surface area contributed by atoms with Crippen LogP contribution in [0.2, 0.25) is 0 Å². The third-order valence-electron chi connectivity index (χ3n) is 3.79. The summed E-state index contributed by atoms with van der Waals surface area (Å²) in [5.74, 6) is -0.215. The molecule has 1 aliphatic carbocycles. The Bertz CT molecular complexity index is 447. The summed E-state index contributed by atoms with van der Waals surface area (Å²) < 4.78 is 13.3. The number of benzene rings is 1. The van der Waals surface area contributed by atoms with Gasteiger partial charge in [0, 0.05) is 6.54 Å². The molecular formula is C15H21FN2O2. The first-order valence-electron chi connectivity index (χ1n) is 7.14. The van der Waals surface area contributed by atoms with E-state index in [2.05, 4.69) is 10.6 Å². The molecule has 0 heterocycles. The molecule has 3 N–H and O–H groups in total. The van der Waals surface area contributed by atoms with Crippen LogP contribution < -0.4 is 10.6 Å². The quantitative estimate of drug-likeness (QED) is 0.794. The van der Waals surface area contributed by atoms with Crippen LogP contribution in [0, 0.1) is 11.7 Å². The van der Waals surface area contributed by atoms with Gasteiger partial charge >= 0.3 is 6.03 Å². The number of amides is 2. The molecule has 5 heteroatoms. The number of rotatable bonds is 4. The maximum atomic E-state index is 13.3. The average Bonchev–Trinajstić information content (AvgIpc) is 2.48. The minimum Gasteiger partial charge on any atom is -0.391 e. The van der Waals surface area contributed by atoms with Gasteiger partial charge < -0.3 is 15.7 Å². The third-order valence-corrected chi connectivity index (χ3v) is 3.79. The average molecular weight is 280 g/mol. The zero-order chi connectivity index (χ0) is 14.4. The Morgan fingerprint density at radius 3 is 2.70 bits per heavy atom. The smallest absolute Gasteiger partial charge is 0.319 e. The highest BCUT2D eigenvalue weighted by molar-refractivity contribution is 5.89. The SMILES string of the molecule is O=C(NCC(O)C1CCCCC1)Nc1ccccc1F. The van der Waals surface area contributed by atoms with Crippen molar-refractivity contribution in [3.63, 3.8) is 0 Å². The van der Waals surface area contributed by atoms with Crippen molar-refractivity contribution in [2.75, 3.05) is 11.9 Å². The highest BCUT2D eigenvalue weighted by Gasteiger charge is 2.22. The summed E-state index contributed by atoms with van der Waals surface area (Å²) in [5.41, 5.74) is 0.136. The minimum absolute atomic E-state index is 0.136. The van der Waals surface area contributed by atoms with Crippen molar-refractivity contribution in [3.8, 4) is 0 Å². The van der Waals surface area contributed by atoms with Gasteiger partial charge in [-0.15, -0.1) is 0 Å². The lowest BCUT2D eigenvalue weighted by atomic mass is 9.85. The van der Waals surface area contributed by atoms with Crippen molar-refractivity contribution in [3.05, 3.63) is 30.1 Å². The fourth-order valence-corrected chi connectivity index (χ4v) is 2.61. The van der Waals surface area contributed by atoms with Crippen LogP contribution in [0.1, 0.15) is 32.1 Å². The van der Waals surface area contributed by atoms with Gasteiger partial charge in [-0.2, -0.15) is 0 Å². The number of para-hydroxylation sites is 1. The van der Waals surface area contributed by atoms with Crippen LogP contribution in [0.15, 0.2) is 24.3 Å². The lowest BCUT2D eigenvalue weighted by molar-refractivity contribution is 0.0863. The zero-order valence-corrected chi connectivity index (χ0v) is 11.4. The number of aliphatic hydroxyl groups excluding tert-OH is 1. The molecule has 20 heavy (non-hydrogen) atoms. The summed E-state index contributed by atoms with van der Waals surface area (Å²) in [6.45, 7) is 0.199. The van der Waals surface area contributed by atoms with Crippen molar-refractivity contribution < 1.29 is 14.3 Å². The van der Waals surface area contributed by atoms with Gasteiger partial charge in [0.2, 0.25) is 0 Å². The van der Waals surface area contributed by atoms with E-state index >= 15 is 0 Å². The molecule has 1 unspecified atom stereocenters. The normalized spacial score (nSPS) is 17.5. The molecule has 1 fully saturated rings. The summed E-state index contributed by atoms with van der Waals surface area (Å²) >= 11 is 0. The Morgan fingerprint density at radius 1 is 1.30 bits per heavy atom. The highest BCUT2D eigenvalue weighted by atomic mass is 19.1. The molecule has 0 aliphatic heterocycles. The number of hydrogen-bond acceptors (Lipinski definition) is 2. The minimum atomic E-state index is -0.526. The molecule has 1 atom stereocenters. The topological polar surface area (TPSA) is 61.4 Å². The van der Waals surface area contributed by atoms with Crippen LogP contribution in [0.4, 0.5) is 14.9 Å². The number of halogens is 1. The van der Waals surface area contributed by atoms with E-state index in [4.69, 9.17) is 0 Å². The van der Waals surface area contributed by atoms with E-state index in [1.165, 1.54) is 18.6 Å². The first-order valence-corrected chi connectivity index (χ1v) is 7.14. The van der Waals surface area contributed by atoms with Crippen molar-refractivity contribution in [1.29, 1.82) is 0 Å². The van der Waals surface area contributed by atoms with Gasteiger partial charge in [0.05, 0.1) is 11.8 Å². The highest BCUT2D eigenvalue weighted by Crippen LogP contribution is 2.26. The maximum absolute atomic E-state index is 13.3. The van der Waals surface area contributed by atoms with Gasteiger partial charge in [0.1, 0.15) is 5.82 Å². The Morgan fingerprint density at radius 2 is 2.00 bits per heavy atom. The van der Waals surface area contributed by atoms with Crippen molar-refractivity contribution >= 4 is 11.7 Å². The van der Waals surface area contributed by atoms with Crippen molar-refractivity contribution in [1.82, 2.24) is 5.32 Å². The molecule has 2 amide bonds. The van der Waals surface area contributed by atoms with Crippen LogP contribution in [-0.4, -0.2) is 23.8 Å². The molecule has 1 aromatic rings. The third kappa shape index (κ3) is 4.20. The van der Waals surface area contributed by atoms with Crippen LogP contribution in [0.25, 0.3) is 0 Å². The molecule has 0 aromatic heterocycles. The Labute approximate surface area is 118 Å². The molecule has 2 rings (SSSR count). The van der Waals surface area contributed by atoms with Crippen LogP contribution >= 0.6 is 0 Å². The molecule has 1 saturated carbocycles. The number of anilines is 1. The van der Waals surface area contributed by atoms with Gasteiger partial charge in [0.15, 0.2) is 0 Å². The number of carbonyl (C=O) groups excluding carboxylic acids is 1. The molecule has 0 bridgehead atoms. The lowest BCUT2D eigenvalue weighted by Crippen LogP contribution is -2.39. The van der Waals surface area contributed by atoms with Crippen molar-refractivity contribution in [2.24, 2.45) is 5.92 Å². The fourth-order valence-electron chi connectivity index (χ4n) is 2.61. The second kappa shape index (κ2) is 7.24. The number of aliphatic hydroxyl groups is 1. The predicted molar refractivity (Wildman–Crippen MR) is 76.0 cm³/mol. The van der Waals surface area contributed by atoms with Crippen LogP contribution in [-0.2, 0) is 0 Å². The molecule has 0 spiro atoms. The fraction of sp³-hybridized carbons (Fsp3) is 0.533. The van der Waals surface area contributed by atoms with E-state index in [-0.39, 0.29) is 18.2 Å². The summed E-state index contributed by atoms with van der Waals surface area (Å²) in [6, 6.07) is 5.49. The van der Waals surface area contributed by atoms with E-state index < -0.39 is 18.0 Å². The Balaban J connectivity index is 1.76. The molecule has 110 valence electrons. The van der Waals surface area contributed by atoms with Crippen LogP contribution in [0.5, 0.6) is 0 Å². The van der Waals surface area contributed by atoms with E-state index in [0.29, 0.717) is 0 Å². The maximum Gasteiger partial charge on any atom is 0.319 e. The predicted octanol–water partition coefficient (Wildman–Crippen LogP) is 2.89. The van der Waals surface area contributed by atoms with Crippen LogP contribution in [0.3, 0.4) is 0 Å². The number of urea groups is 1. The largest absolute Gasteiger partial charge is 0.391 e. The summed E-state index contributed by atoms with van der Waals surface area (Å²) in [6.07, 6.45) is 5.01. The monoisotopic (exact) mass is 280 g/mol. The molecular weight excluding hydrogens is 259 g/mol. The van der Waals surface area contributed by atoms with Gasteiger partial charge in [0.25, 0.3) is 0 Å². The molecule has 0 saturated heterocycles. The van der Waals surface area contributed by atoms with Gasteiger partial charge in [-0.05, 0) is 30.9 Å². The second-order valence-corrected chi connectivity index (χ2v) is 5.28. The number of nitrogens with one attached hydrogen (secondary N) is 2. The zero-order valence-electron chi connectivity index (χ0n) is 11.4. The number of hydrogen-bond donors (Lipinski definition) is 3.